The Bertz CT molecular complexity index is 729. The number of aryl methyl sites for hydroxylation is 1. The highest BCUT2D eigenvalue weighted by atomic mass is 32.2. The molecule has 0 bridgehead atoms. The van der Waals surface area contributed by atoms with E-state index in [2.05, 4.69) is 0 Å². The van der Waals surface area contributed by atoms with Crippen molar-refractivity contribution in [2.24, 2.45) is 11.1 Å². The van der Waals surface area contributed by atoms with Gasteiger partial charge in [-0.2, -0.15) is 25.9 Å². The molecule has 25 heavy (non-hydrogen) atoms. The molecular weight excluding hydrogens is 361 g/mol. The summed E-state index contributed by atoms with van der Waals surface area (Å²) < 4.78 is 68.3. The second-order valence-corrected chi connectivity index (χ2v) is 7.48. The summed E-state index contributed by atoms with van der Waals surface area (Å²) in [6.07, 6.45) is -6.97. The minimum atomic E-state index is -4.75. The minimum Gasteiger partial charge on any atom is -0.447 e. The first kappa shape index (κ1) is 19.7. The number of hydrogen-bond acceptors (Lipinski definition) is 4. The smallest absolute Gasteiger partial charge is 0.429 e. The van der Waals surface area contributed by atoms with E-state index in [9.17, 15) is 26.4 Å². The third-order valence-electron chi connectivity index (χ3n) is 4.15. The first-order chi connectivity index (χ1) is 11.5. The number of esters is 1. The number of hydrogen-bond donors (Lipinski definition) is 1. The Hall–Kier alpha value is -1.65. The Labute approximate surface area is 143 Å². The number of nitrogens with two attached hydrogens (primary N) is 1. The number of carbonyl (C=O) groups excluding carboxylic acids is 1. The molecule has 1 aliphatic rings. The van der Waals surface area contributed by atoms with Crippen LogP contribution in [0.15, 0.2) is 24.3 Å². The van der Waals surface area contributed by atoms with Crippen molar-refractivity contribution < 1.29 is 31.1 Å². The van der Waals surface area contributed by atoms with E-state index >= 15 is 0 Å². The summed E-state index contributed by atoms with van der Waals surface area (Å²) in [5.74, 6) is -1.79. The van der Waals surface area contributed by atoms with Crippen molar-refractivity contribution in [3.05, 3.63) is 35.4 Å². The number of rotatable bonds is 4. The van der Waals surface area contributed by atoms with Gasteiger partial charge in [0.25, 0.3) is 10.2 Å². The molecule has 0 aromatic heterocycles. The first-order valence-corrected chi connectivity index (χ1v) is 9.11. The van der Waals surface area contributed by atoms with E-state index in [0.29, 0.717) is 5.56 Å². The average molecular weight is 380 g/mol. The fourth-order valence-electron chi connectivity index (χ4n) is 2.75. The van der Waals surface area contributed by atoms with Crippen LogP contribution in [0.2, 0.25) is 0 Å². The van der Waals surface area contributed by atoms with Crippen LogP contribution in [0.1, 0.15) is 30.1 Å². The molecule has 1 aliphatic heterocycles. The predicted molar refractivity (Wildman–Crippen MR) is 83.5 cm³/mol. The van der Waals surface area contributed by atoms with Gasteiger partial charge in [0.2, 0.25) is 6.10 Å². The van der Waals surface area contributed by atoms with Crippen LogP contribution >= 0.6 is 0 Å². The summed E-state index contributed by atoms with van der Waals surface area (Å²) in [4.78, 5) is 12.2. The summed E-state index contributed by atoms with van der Waals surface area (Å²) in [6.45, 7) is 1.45. The quantitative estimate of drug-likeness (QED) is 0.810. The summed E-state index contributed by atoms with van der Waals surface area (Å²) in [6, 6.07) is 5.81. The number of alkyl halides is 3. The third-order valence-corrected chi connectivity index (χ3v) is 5.23. The van der Waals surface area contributed by atoms with Crippen molar-refractivity contribution >= 4 is 16.2 Å². The third kappa shape index (κ3) is 4.93. The molecule has 0 saturated carbocycles. The van der Waals surface area contributed by atoms with E-state index in [1.807, 2.05) is 0 Å². The summed E-state index contributed by atoms with van der Waals surface area (Å²) in [7, 11) is -3.87. The second-order valence-electron chi connectivity index (χ2n) is 5.93. The second kappa shape index (κ2) is 7.30. The summed E-state index contributed by atoms with van der Waals surface area (Å²) >= 11 is 0. The predicted octanol–water partition coefficient (Wildman–Crippen LogP) is 2.06. The lowest BCUT2D eigenvalue weighted by molar-refractivity contribution is -0.226. The first-order valence-electron chi connectivity index (χ1n) is 7.60. The minimum absolute atomic E-state index is 0.0281. The summed E-state index contributed by atoms with van der Waals surface area (Å²) in [5.41, 5.74) is 0.243. The topological polar surface area (TPSA) is 89.7 Å². The van der Waals surface area contributed by atoms with Crippen LogP contribution in [0.3, 0.4) is 0 Å². The van der Waals surface area contributed by atoms with Crippen molar-refractivity contribution in [1.82, 2.24) is 4.31 Å². The lowest BCUT2D eigenvalue weighted by atomic mass is 9.98. The van der Waals surface area contributed by atoms with Gasteiger partial charge in [0, 0.05) is 18.7 Å². The monoisotopic (exact) mass is 380 g/mol. The van der Waals surface area contributed by atoms with E-state index in [-0.39, 0.29) is 31.5 Å². The van der Waals surface area contributed by atoms with Crippen molar-refractivity contribution in [2.75, 3.05) is 13.1 Å². The van der Waals surface area contributed by atoms with Gasteiger partial charge in [-0.3, -0.25) is 4.79 Å². The molecular formula is C15H19F3N2O4S. The molecule has 10 heteroatoms. The van der Waals surface area contributed by atoms with Gasteiger partial charge in [-0.15, -0.1) is 0 Å². The highest BCUT2D eigenvalue weighted by Gasteiger charge is 2.45. The van der Waals surface area contributed by atoms with Crippen LogP contribution < -0.4 is 5.14 Å². The molecule has 1 aromatic carbocycles. The van der Waals surface area contributed by atoms with E-state index in [1.165, 1.54) is 25.1 Å². The van der Waals surface area contributed by atoms with Crippen molar-refractivity contribution in [3.63, 3.8) is 0 Å². The zero-order chi connectivity index (χ0) is 18.8. The maximum atomic E-state index is 13.4. The van der Waals surface area contributed by atoms with Crippen molar-refractivity contribution in [1.29, 1.82) is 0 Å². The molecule has 1 heterocycles. The zero-order valence-corrected chi connectivity index (χ0v) is 14.3. The van der Waals surface area contributed by atoms with E-state index in [1.54, 1.807) is 6.07 Å². The molecule has 0 amide bonds. The Balaban J connectivity index is 2.10. The van der Waals surface area contributed by atoms with Crippen LogP contribution in [-0.2, 0) is 19.7 Å². The van der Waals surface area contributed by atoms with Crippen molar-refractivity contribution in [3.8, 4) is 0 Å². The molecule has 140 valence electrons. The summed E-state index contributed by atoms with van der Waals surface area (Å²) in [5, 5.41) is 5.00. The van der Waals surface area contributed by atoms with Gasteiger partial charge in [-0.05, 0) is 25.3 Å². The van der Waals surface area contributed by atoms with Crippen LogP contribution in [0.5, 0.6) is 0 Å². The van der Waals surface area contributed by atoms with Gasteiger partial charge in [0.15, 0.2) is 0 Å². The Morgan fingerprint density at radius 2 is 1.84 bits per heavy atom. The van der Waals surface area contributed by atoms with Crippen LogP contribution in [-0.4, -0.2) is 38.0 Å². The zero-order valence-electron chi connectivity index (χ0n) is 13.5. The molecule has 2 rings (SSSR count). The molecule has 1 aromatic rings. The molecule has 0 unspecified atom stereocenters. The maximum Gasteiger partial charge on any atom is 0.429 e. The average Bonchev–Trinajstić information content (AvgIpc) is 2.51. The molecule has 2 N–H and O–H groups in total. The fourth-order valence-corrected chi connectivity index (χ4v) is 3.47. The SMILES string of the molecule is Cc1ccccc1[C@@H](OC(=O)C1CCN(S(N)(=O)=O)CC1)C(F)(F)F. The van der Waals surface area contributed by atoms with Crippen LogP contribution in [0, 0.1) is 12.8 Å². The Kier molecular flexibility index (Phi) is 5.75. The normalized spacial score (nSPS) is 18.8. The number of benzene rings is 1. The number of ether oxygens (including phenoxy) is 1. The standard InChI is InChI=1S/C15H19F3N2O4S/c1-10-4-2-3-5-12(10)13(15(16,17)18)24-14(21)11-6-8-20(9-7-11)25(19,22)23/h2-5,11,13H,6-9H2,1H3,(H2,19,22,23)/t13-/m1/s1. The van der Waals surface area contributed by atoms with Gasteiger partial charge in [0.05, 0.1) is 5.92 Å². The Morgan fingerprint density at radius 1 is 1.28 bits per heavy atom. The van der Waals surface area contributed by atoms with E-state index < -0.39 is 34.4 Å². The maximum absolute atomic E-state index is 13.4. The van der Waals surface area contributed by atoms with Crippen LogP contribution in [0.4, 0.5) is 13.2 Å². The van der Waals surface area contributed by atoms with Gasteiger partial charge in [-0.1, -0.05) is 24.3 Å². The molecule has 0 spiro atoms. The van der Waals surface area contributed by atoms with E-state index in [4.69, 9.17) is 9.88 Å². The van der Waals surface area contributed by atoms with E-state index in [0.717, 1.165) is 4.31 Å². The fraction of sp³-hybridized carbons (Fsp3) is 0.533. The lowest BCUT2D eigenvalue weighted by Gasteiger charge is -2.30. The highest BCUT2D eigenvalue weighted by molar-refractivity contribution is 7.86. The number of halogens is 3. The Morgan fingerprint density at radius 3 is 2.32 bits per heavy atom. The van der Waals surface area contributed by atoms with Gasteiger partial charge >= 0.3 is 12.1 Å². The molecule has 1 atom stereocenters. The lowest BCUT2D eigenvalue weighted by Crippen LogP contribution is -2.44. The van der Waals surface area contributed by atoms with Gasteiger partial charge in [-0.25, -0.2) is 5.14 Å². The molecule has 1 fully saturated rings. The molecule has 0 aliphatic carbocycles. The van der Waals surface area contributed by atoms with Crippen molar-refractivity contribution in [2.45, 2.75) is 32.0 Å². The van der Waals surface area contributed by atoms with Crippen LogP contribution in [0.25, 0.3) is 0 Å². The number of carbonyl (C=O) groups is 1. The molecule has 0 radical (unpaired) electrons. The highest BCUT2D eigenvalue weighted by Crippen LogP contribution is 2.38. The molecule has 1 saturated heterocycles. The molecule has 6 nitrogen and oxygen atoms in total. The largest absolute Gasteiger partial charge is 0.447 e. The van der Waals surface area contributed by atoms with Gasteiger partial charge in [0.1, 0.15) is 0 Å². The number of piperidine rings is 1. The van der Waals surface area contributed by atoms with Gasteiger partial charge < -0.3 is 4.74 Å². The number of nitrogens with zero attached hydrogens (tertiary/aromatic N) is 1.